The molecular formula is C21H19FN4OS2. The molecule has 0 amide bonds. The van der Waals surface area contributed by atoms with Gasteiger partial charge < -0.3 is 9.47 Å². The first-order chi connectivity index (χ1) is 14.0. The van der Waals surface area contributed by atoms with E-state index in [9.17, 15) is 9.18 Å². The Labute approximate surface area is 175 Å². The van der Waals surface area contributed by atoms with Crippen LogP contribution in [0.3, 0.4) is 0 Å². The van der Waals surface area contributed by atoms with E-state index in [2.05, 4.69) is 4.98 Å². The summed E-state index contributed by atoms with van der Waals surface area (Å²) in [7, 11) is 1.92. The van der Waals surface area contributed by atoms with Crippen molar-refractivity contribution >= 4 is 45.7 Å². The molecule has 2 aromatic heterocycles. The van der Waals surface area contributed by atoms with Gasteiger partial charge in [-0.1, -0.05) is 18.7 Å². The molecule has 3 heterocycles. The number of aromatic nitrogens is 2. The SMILES string of the molecule is CCC(=O)Cn1c(=Cc2ccncc2)sc(=C2Sc3cc(F)ccc3N2C)c1=N. The number of hydrogen-bond acceptors (Lipinski definition) is 6. The number of fused-ring (bicyclic) bond motifs is 1. The maximum absolute atomic E-state index is 13.7. The molecule has 1 N–H and O–H groups in total. The van der Waals surface area contributed by atoms with E-state index in [4.69, 9.17) is 5.41 Å². The van der Waals surface area contributed by atoms with E-state index in [1.807, 2.05) is 37.1 Å². The molecule has 29 heavy (non-hydrogen) atoms. The second-order valence-electron chi connectivity index (χ2n) is 6.60. The summed E-state index contributed by atoms with van der Waals surface area (Å²) in [5.41, 5.74) is 2.16. The normalized spacial score (nSPS) is 15.7. The number of thioether (sulfide) groups is 1. The van der Waals surface area contributed by atoms with Crippen LogP contribution in [0.2, 0.25) is 0 Å². The van der Waals surface area contributed by atoms with Gasteiger partial charge in [0.1, 0.15) is 20.9 Å². The van der Waals surface area contributed by atoms with Crippen LogP contribution < -0.4 is 19.6 Å². The minimum atomic E-state index is -0.279. The second-order valence-corrected chi connectivity index (χ2v) is 8.66. The van der Waals surface area contributed by atoms with Gasteiger partial charge in [-0.05, 0) is 42.0 Å². The van der Waals surface area contributed by atoms with Crippen LogP contribution in [0.25, 0.3) is 11.1 Å². The molecule has 0 unspecified atom stereocenters. The van der Waals surface area contributed by atoms with E-state index < -0.39 is 0 Å². The molecule has 0 atom stereocenters. The summed E-state index contributed by atoms with van der Waals surface area (Å²) >= 11 is 2.91. The van der Waals surface area contributed by atoms with Crippen molar-refractivity contribution in [2.45, 2.75) is 24.8 Å². The quantitative estimate of drug-likeness (QED) is 0.697. The number of rotatable bonds is 4. The average molecular weight is 427 g/mol. The number of nitrogens with one attached hydrogen (secondary N) is 1. The number of benzene rings is 1. The van der Waals surface area contributed by atoms with Crippen molar-refractivity contribution < 1.29 is 9.18 Å². The fraction of sp³-hybridized carbons (Fsp3) is 0.190. The summed E-state index contributed by atoms with van der Waals surface area (Å²) in [6, 6.07) is 8.48. The van der Waals surface area contributed by atoms with Gasteiger partial charge in [0.15, 0.2) is 5.78 Å². The lowest BCUT2D eigenvalue weighted by Crippen LogP contribution is -2.36. The highest BCUT2D eigenvalue weighted by atomic mass is 32.2. The predicted octanol–water partition coefficient (Wildman–Crippen LogP) is 2.68. The molecule has 0 saturated heterocycles. The van der Waals surface area contributed by atoms with Crippen molar-refractivity contribution in [2.24, 2.45) is 0 Å². The molecule has 4 rings (SSSR count). The maximum atomic E-state index is 13.7. The van der Waals surface area contributed by atoms with Gasteiger partial charge in [-0.3, -0.25) is 15.2 Å². The molecule has 0 saturated carbocycles. The number of anilines is 1. The number of nitrogens with zero attached hydrogens (tertiary/aromatic N) is 3. The Morgan fingerprint density at radius 2 is 2.03 bits per heavy atom. The standard InChI is InChI=1S/C21H19FN4OS2/c1-3-15(27)12-26-18(10-13-6-8-24-9-7-13)29-19(20(26)23)21-25(2)16-5-4-14(22)11-17(16)28-21/h4-11,23H,3,12H2,1-2H3. The zero-order valence-corrected chi connectivity index (χ0v) is 17.6. The third kappa shape index (κ3) is 3.77. The predicted molar refractivity (Wildman–Crippen MR) is 115 cm³/mol. The molecule has 1 aliphatic heterocycles. The number of carbonyl (C=O) groups is 1. The summed E-state index contributed by atoms with van der Waals surface area (Å²) in [5, 5.41) is 9.63. The van der Waals surface area contributed by atoms with Crippen molar-refractivity contribution in [3.63, 3.8) is 0 Å². The Bertz CT molecular complexity index is 1260. The Morgan fingerprint density at radius 3 is 2.76 bits per heavy atom. The number of pyridine rings is 1. The van der Waals surface area contributed by atoms with E-state index in [0.717, 1.165) is 30.4 Å². The number of halogens is 1. The van der Waals surface area contributed by atoms with Crippen LogP contribution in [0, 0.1) is 11.2 Å². The van der Waals surface area contributed by atoms with Crippen molar-refractivity contribution in [1.82, 2.24) is 9.55 Å². The molecule has 1 aromatic carbocycles. The third-order valence-corrected chi connectivity index (χ3v) is 7.16. The number of hydrogen-bond donors (Lipinski definition) is 1. The zero-order valence-electron chi connectivity index (χ0n) is 16.0. The topological polar surface area (TPSA) is 62.0 Å². The monoisotopic (exact) mass is 426 g/mol. The van der Waals surface area contributed by atoms with Gasteiger partial charge in [-0.15, -0.1) is 11.3 Å². The van der Waals surface area contributed by atoms with Gasteiger partial charge in [0.2, 0.25) is 0 Å². The van der Waals surface area contributed by atoms with Gasteiger partial charge in [0.05, 0.1) is 16.9 Å². The summed E-state index contributed by atoms with van der Waals surface area (Å²) < 4.78 is 17.0. The van der Waals surface area contributed by atoms with E-state index in [0.29, 0.717) is 11.9 Å². The zero-order chi connectivity index (χ0) is 20.5. The van der Waals surface area contributed by atoms with E-state index >= 15 is 0 Å². The summed E-state index contributed by atoms with van der Waals surface area (Å²) in [5.74, 6) is -0.210. The molecular weight excluding hydrogens is 407 g/mol. The Kier molecular flexibility index (Phi) is 5.38. The smallest absolute Gasteiger partial charge is 0.152 e. The van der Waals surface area contributed by atoms with Gasteiger partial charge >= 0.3 is 0 Å². The fourth-order valence-corrected chi connectivity index (χ4v) is 5.53. The molecule has 0 radical (unpaired) electrons. The molecule has 5 nitrogen and oxygen atoms in total. The van der Waals surface area contributed by atoms with Crippen molar-refractivity contribution in [3.8, 4) is 0 Å². The van der Waals surface area contributed by atoms with Crippen molar-refractivity contribution in [1.29, 1.82) is 5.41 Å². The highest BCUT2D eigenvalue weighted by Crippen LogP contribution is 2.45. The van der Waals surface area contributed by atoms with E-state index in [1.165, 1.54) is 35.2 Å². The van der Waals surface area contributed by atoms with Crippen LogP contribution in [-0.4, -0.2) is 22.4 Å². The molecule has 1 aliphatic rings. The van der Waals surface area contributed by atoms with Crippen LogP contribution in [-0.2, 0) is 11.3 Å². The maximum Gasteiger partial charge on any atom is 0.152 e. The number of carbonyl (C=O) groups excluding carboxylic acids is 1. The fourth-order valence-electron chi connectivity index (χ4n) is 3.07. The minimum Gasteiger partial charge on any atom is -0.337 e. The Morgan fingerprint density at radius 1 is 1.28 bits per heavy atom. The molecule has 8 heteroatoms. The minimum absolute atomic E-state index is 0.0695. The highest BCUT2D eigenvalue weighted by molar-refractivity contribution is 8.08. The lowest BCUT2D eigenvalue weighted by atomic mass is 10.2. The van der Waals surface area contributed by atoms with Gasteiger partial charge in [0.25, 0.3) is 0 Å². The van der Waals surface area contributed by atoms with Gasteiger partial charge in [0, 0.05) is 30.8 Å². The first-order valence-corrected chi connectivity index (χ1v) is 10.7. The first kappa shape index (κ1) is 19.6. The van der Waals surface area contributed by atoms with E-state index in [1.54, 1.807) is 23.0 Å². The molecule has 0 bridgehead atoms. The second kappa shape index (κ2) is 7.96. The number of ketones is 1. The summed E-state index contributed by atoms with van der Waals surface area (Å²) in [6.07, 6.45) is 5.81. The lowest BCUT2D eigenvalue weighted by molar-refractivity contribution is -0.119. The van der Waals surface area contributed by atoms with Crippen LogP contribution in [0.15, 0.2) is 47.6 Å². The van der Waals surface area contributed by atoms with Gasteiger partial charge in [-0.25, -0.2) is 4.39 Å². The number of thiazole rings is 1. The van der Waals surface area contributed by atoms with E-state index in [-0.39, 0.29) is 18.1 Å². The summed E-state index contributed by atoms with van der Waals surface area (Å²) in [4.78, 5) is 19.0. The summed E-state index contributed by atoms with van der Waals surface area (Å²) in [6.45, 7) is 1.98. The van der Waals surface area contributed by atoms with Crippen LogP contribution in [0.1, 0.15) is 18.9 Å². The van der Waals surface area contributed by atoms with Gasteiger partial charge in [-0.2, -0.15) is 0 Å². The van der Waals surface area contributed by atoms with Crippen molar-refractivity contribution in [2.75, 3.05) is 11.9 Å². The molecule has 0 aliphatic carbocycles. The Balaban J connectivity index is 1.93. The highest BCUT2D eigenvalue weighted by Gasteiger charge is 2.24. The van der Waals surface area contributed by atoms with Crippen LogP contribution >= 0.6 is 23.1 Å². The third-order valence-electron chi connectivity index (χ3n) is 4.67. The Hall–Kier alpha value is -2.71. The number of Topliss-reactive ketones (excluding diaryl/α,β-unsaturated/α-hetero) is 1. The van der Waals surface area contributed by atoms with Crippen molar-refractivity contribution in [3.05, 3.63) is 68.8 Å². The molecule has 3 aromatic rings. The lowest BCUT2D eigenvalue weighted by Gasteiger charge is -2.12. The first-order valence-electron chi connectivity index (χ1n) is 9.11. The van der Waals surface area contributed by atoms with Crippen LogP contribution in [0.4, 0.5) is 10.1 Å². The molecule has 0 spiro atoms. The average Bonchev–Trinajstić information content (AvgIpc) is 3.19. The molecule has 0 fully saturated rings. The largest absolute Gasteiger partial charge is 0.337 e. The van der Waals surface area contributed by atoms with Crippen LogP contribution in [0.5, 0.6) is 0 Å². The molecule has 148 valence electrons.